The maximum Gasteiger partial charge on any atom is 0.263 e. The van der Waals surface area contributed by atoms with Gasteiger partial charge in [-0.3, -0.25) is 9.36 Å². The third-order valence-corrected chi connectivity index (χ3v) is 6.27. The number of halogens is 1. The van der Waals surface area contributed by atoms with Crippen LogP contribution in [-0.4, -0.2) is 9.55 Å². The van der Waals surface area contributed by atoms with Crippen LogP contribution in [0.1, 0.15) is 23.2 Å². The van der Waals surface area contributed by atoms with Crippen molar-refractivity contribution < 1.29 is 4.39 Å². The quantitative estimate of drug-likeness (QED) is 0.482. The van der Waals surface area contributed by atoms with Gasteiger partial charge in [0.2, 0.25) is 0 Å². The van der Waals surface area contributed by atoms with Gasteiger partial charge in [-0.05, 0) is 36.1 Å². The smallest absolute Gasteiger partial charge is 0.263 e. The van der Waals surface area contributed by atoms with Crippen molar-refractivity contribution in [3.8, 4) is 10.4 Å². The van der Waals surface area contributed by atoms with Gasteiger partial charge in [-0.25, -0.2) is 9.37 Å². The van der Waals surface area contributed by atoms with Gasteiger partial charge in [0.1, 0.15) is 16.5 Å². The topological polar surface area (TPSA) is 34.9 Å². The number of aromatic nitrogens is 2. The van der Waals surface area contributed by atoms with Crippen LogP contribution in [0.25, 0.3) is 20.7 Å². The number of hydrogen-bond donors (Lipinski definition) is 0. The zero-order chi connectivity index (χ0) is 18.3. The van der Waals surface area contributed by atoms with Crippen molar-refractivity contribution in [2.45, 2.75) is 26.8 Å². The zero-order valence-corrected chi connectivity index (χ0v) is 16.1. The number of rotatable bonds is 4. The van der Waals surface area contributed by atoms with Crippen LogP contribution >= 0.6 is 22.7 Å². The third-order valence-electron chi connectivity index (χ3n) is 4.38. The van der Waals surface area contributed by atoms with Crippen LogP contribution in [0.3, 0.4) is 0 Å². The molecule has 0 radical (unpaired) electrons. The highest BCUT2D eigenvalue weighted by atomic mass is 32.1. The minimum Gasteiger partial charge on any atom is -0.292 e. The van der Waals surface area contributed by atoms with Crippen LogP contribution in [0.5, 0.6) is 0 Å². The van der Waals surface area contributed by atoms with Gasteiger partial charge in [0.05, 0.1) is 11.9 Å². The molecule has 0 aliphatic carbocycles. The molecule has 0 N–H and O–H groups in total. The van der Waals surface area contributed by atoms with Gasteiger partial charge in [-0.2, -0.15) is 0 Å². The summed E-state index contributed by atoms with van der Waals surface area (Å²) in [6, 6.07) is 10.4. The standard InChI is InChI=1S/C20H17FN2OS2/c1-3-16-22-19-18(17(12(2)26-19)15-8-5-9-25-15)20(24)23(16)11-13-6-4-7-14(21)10-13/h4-10H,3,11H2,1-2H3. The highest BCUT2D eigenvalue weighted by Gasteiger charge is 2.20. The van der Waals surface area contributed by atoms with Crippen molar-refractivity contribution in [1.29, 1.82) is 0 Å². The first kappa shape index (κ1) is 17.1. The van der Waals surface area contributed by atoms with Crippen LogP contribution in [0.4, 0.5) is 4.39 Å². The van der Waals surface area contributed by atoms with Crippen LogP contribution in [-0.2, 0) is 13.0 Å². The van der Waals surface area contributed by atoms with Crippen LogP contribution in [0.15, 0.2) is 46.6 Å². The molecular weight excluding hydrogens is 367 g/mol. The molecule has 0 saturated carbocycles. The molecule has 0 fully saturated rings. The Morgan fingerprint density at radius 2 is 2.08 bits per heavy atom. The fourth-order valence-corrected chi connectivity index (χ4v) is 5.15. The molecular formula is C20H17FN2OS2. The van der Waals surface area contributed by atoms with Crippen LogP contribution in [0.2, 0.25) is 0 Å². The Morgan fingerprint density at radius 1 is 1.23 bits per heavy atom. The molecule has 0 amide bonds. The molecule has 3 heterocycles. The second-order valence-corrected chi connectivity index (χ2v) is 8.24. The Labute approximate surface area is 158 Å². The van der Waals surface area contributed by atoms with Crippen molar-refractivity contribution >= 4 is 32.9 Å². The molecule has 3 nitrogen and oxygen atoms in total. The third kappa shape index (κ3) is 2.89. The molecule has 0 saturated heterocycles. The molecule has 0 aliphatic heterocycles. The second-order valence-electron chi connectivity index (χ2n) is 6.09. The predicted octanol–water partition coefficient (Wildman–Crippen LogP) is 5.24. The van der Waals surface area contributed by atoms with Gasteiger partial charge in [0, 0.05) is 21.7 Å². The molecule has 0 aliphatic rings. The van der Waals surface area contributed by atoms with Crippen molar-refractivity contribution in [2.75, 3.05) is 0 Å². The molecule has 6 heteroatoms. The summed E-state index contributed by atoms with van der Waals surface area (Å²) >= 11 is 3.18. The predicted molar refractivity (Wildman–Crippen MR) is 107 cm³/mol. The molecule has 0 bridgehead atoms. The van der Waals surface area contributed by atoms with Gasteiger partial charge < -0.3 is 0 Å². The van der Waals surface area contributed by atoms with Crippen LogP contribution in [0, 0.1) is 12.7 Å². The lowest BCUT2D eigenvalue weighted by Crippen LogP contribution is -2.25. The lowest BCUT2D eigenvalue weighted by molar-refractivity contribution is 0.620. The maximum atomic E-state index is 13.6. The molecule has 0 unspecified atom stereocenters. The van der Waals surface area contributed by atoms with E-state index < -0.39 is 0 Å². The monoisotopic (exact) mass is 384 g/mol. The lowest BCUT2D eigenvalue weighted by Gasteiger charge is -2.12. The molecule has 3 aromatic heterocycles. The normalized spacial score (nSPS) is 11.3. The number of hydrogen-bond acceptors (Lipinski definition) is 4. The number of aryl methyl sites for hydroxylation is 2. The number of nitrogens with zero attached hydrogens (tertiary/aromatic N) is 2. The largest absolute Gasteiger partial charge is 0.292 e. The van der Waals surface area contributed by atoms with E-state index >= 15 is 0 Å². The van der Waals surface area contributed by atoms with E-state index in [0.29, 0.717) is 18.4 Å². The van der Waals surface area contributed by atoms with Crippen molar-refractivity contribution in [3.63, 3.8) is 0 Å². The Bertz CT molecular complexity index is 1140. The summed E-state index contributed by atoms with van der Waals surface area (Å²) in [4.78, 5) is 21.1. The first-order valence-electron chi connectivity index (χ1n) is 8.39. The number of benzene rings is 1. The van der Waals surface area contributed by atoms with Gasteiger partial charge in [-0.15, -0.1) is 22.7 Å². The highest BCUT2D eigenvalue weighted by molar-refractivity contribution is 7.20. The number of fused-ring (bicyclic) bond motifs is 1. The van der Waals surface area contributed by atoms with E-state index in [1.54, 1.807) is 33.3 Å². The molecule has 26 heavy (non-hydrogen) atoms. The van der Waals surface area contributed by atoms with E-state index in [2.05, 4.69) is 0 Å². The Hall–Kier alpha value is -2.31. The molecule has 4 rings (SSSR count). The summed E-state index contributed by atoms with van der Waals surface area (Å²) in [6.07, 6.45) is 0.645. The van der Waals surface area contributed by atoms with Gasteiger partial charge >= 0.3 is 0 Å². The molecule has 132 valence electrons. The summed E-state index contributed by atoms with van der Waals surface area (Å²) in [5.74, 6) is 0.430. The Balaban J connectivity index is 1.96. The maximum absolute atomic E-state index is 13.6. The zero-order valence-electron chi connectivity index (χ0n) is 14.5. The molecule has 1 aromatic carbocycles. The Kier molecular flexibility index (Phi) is 4.46. The Morgan fingerprint density at radius 3 is 2.77 bits per heavy atom. The minimum absolute atomic E-state index is 0.0520. The average Bonchev–Trinajstić information content (AvgIpc) is 3.24. The second kappa shape index (κ2) is 6.78. The van der Waals surface area contributed by atoms with E-state index in [9.17, 15) is 9.18 Å². The molecule has 4 aromatic rings. The summed E-state index contributed by atoms with van der Waals surface area (Å²) in [6.45, 7) is 4.33. The summed E-state index contributed by atoms with van der Waals surface area (Å²) in [5.41, 5.74) is 1.68. The van der Waals surface area contributed by atoms with E-state index in [4.69, 9.17) is 4.98 Å². The van der Waals surface area contributed by atoms with Crippen LogP contribution < -0.4 is 5.56 Å². The van der Waals surface area contributed by atoms with Gasteiger partial charge in [0.15, 0.2) is 0 Å². The van der Waals surface area contributed by atoms with E-state index in [0.717, 1.165) is 31.5 Å². The lowest BCUT2D eigenvalue weighted by atomic mass is 10.1. The first-order valence-corrected chi connectivity index (χ1v) is 10.1. The highest BCUT2D eigenvalue weighted by Crippen LogP contribution is 2.38. The average molecular weight is 385 g/mol. The molecule has 0 atom stereocenters. The summed E-state index contributed by atoms with van der Waals surface area (Å²) in [7, 11) is 0. The first-order chi connectivity index (χ1) is 12.6. The van der Waals surface area contributed by atoms with E-state index in [1.165, 1.54) is 12.1 Å². The van der Waals surface area contributed by atoms with Gasteiger partial charge in [0.25, 0.3) is 5.56 Å². The summed E-state index contributed by atoms with van der Waals surface area (Å²) < 4.78 is 15.2. The van der Waals surface area contributed by atoms with Crippen molar-refractivity contribution in [2.24, 2.45) is 0 Å². The van der Waals surface area contributed by atoms with Crippen molar-refractivity contribution in [1.82, 2.24) is 9.55 Å². The minimum atomic E-state index is -0.298. The van der Waals surface area contributed by atoms with E-state index in [-0.39, 0.29) is 11.4 Å². The number of thiophene rings is 2. The van der Waals surface area contributed by atoms with Crippen molar-refractivity contribution in [3.05, 3.63) is 74.2 Å². The fourth-order valence-electron chi connectivity index (χ4n) is 3.21. The fraction of sp³-hybridized carbons (Fsp3) is 0.200. The summed E-state index contributed by atoms with van der Waals surface area (Å²) in [5, 5.41) is 2.68. The molecule has 0 spiro atoms. The van der Waals surface area contributed by atoms with Gasteiger partial charge in [-0.1, -0.05) is 25.1 Å². The SMILES string of the molecule is CCc1nc2sc(C)c(-c3cccs3)c2c(=O)n1Cc1cccc(F)c1. The van der Waals surface area contributed by atoms with E-state index in [1.807, 2.05) is 37.4 Å².